The number of fused-ring (bicyclic) bond motifs is 1. The van der Waals surface area contributed by atoms with Gasteiger partial charge in [-0.3, -0.25) is 0 Å². The molecular formula is C19H21N5O2S. The van der Waals surface area contributed by atoms with Crippen molar-refractivity contribution in [3.63, 3.8) is 0 Å². The molecule has 140 valence electrons. The maximum Gasteiger partial charge on any atom is 0.259 e. The zero-order valence-electron chi connectivity index (χ0n) is 16.0. The first-order valence-electron chi connectivity index (χ1n) is 8.81. The van der Waals surface area contributed by atoms with Crippen LogP contribution in [0.3, 0.4) is 0 Å². The van der Waals surface area contributed by atoms with Gasteiger partial charge in [0.1, 0.15) is 0 Å². The smallest absolute Gasteiger partial charge is 0.259 e. The maximum atomic E-state index is 5.57. The summed E-state index contributed by atoms with van der Waals surface area (Å²) in [6.45, 7) is 8.14. The summed E-state index contributed by atoms with van der Waals surface area (Å²) in [5.74, 6) is 1.12. The average molecular weight is 383 g/mol. The van der Waals surface area contributed by atoms with Crippen LogP contribution in [0.1, 0.15) is 28.2 Å². The molecular weight excluding hydrogens is 362 g/mol. The van der Waals surface area contributed by atoms with E-state index in [4.69, 9.17) is 9.05 Å². The second kappa shape index (κ2) is 6.86. The van der Waals surface area contributed by atoms with Crippen molar-refractivity contribution >= 4 is 22.4 Å². The number of likely N-dealkylation sites (N-methyl/N-ethyl adjacent to an activating group) is 1. The van der Waals surface area contributed by atoms with Gasteiger partial charge in [0.05, 0.1) is 22.3 Å². The van der Waals surface area contributed by atoms with Crippen molar-refractivity contribution in [2.75, 3.05) is 7.05 Å². The predicted octanol–water partition coefficient (Wildman–Crippen LogP) is 4.08. The van der Waals surface area contributed by atoms with Crippen LogP contribution in [0.5, 0.6) is 0 Å². The monoisotopic (exact) mass is 383 g/mol. The summed E-state index contributed by atoms with van der Waals surface area (Å²) in [6, 6.07) is 4.38. The maximum absolute atomic E-state index is 5.57. The summed E-state index contributed by atoms with van der Waals surface area (Å²) < 4.78 is 11.0. The van der Waals surface area contributed by atoms with Crippen molar-refractivity contribution < 1.29 is 9.05 Å². The fraction of sp³-hybridized carbons (Fsp3) is 0.368. The van der Waals surface area contributed by atoms with Gasteiger partial charge in [0.15, 0.2) is 5.82 Å². The van der Waals surface area contributed by atoms with Gasteiger partial charge in [-0.05, 0) is 46.9 Å². The van der Waals surface area contributed by atoms with E-state index in [0.29, 0.717) is 23.8 Å². The highest BCUT2D eigenvalue weighted by atomic mass is 32.1. The van der Waals surface area contributed by atoms with E-state index in [9.17, 15) is 0 Å². The van der Waals surface area contributed by atoms with Crippen LogP contribution >= 0.6 is 11.3 Å². The van der Waals surface area contributed by atoms with Gasteiger partial charge in [0.25, 0.3) is 11.6 Å². The molecule has 0 saturated carbocycles. The lowest BCUT2D eigenvalue weighted by atomic mass is 10.1. The molecule has 8 heteroatoms. The number of nitrogens with zero attached hydrogens (tertiary/aromatic N) is 4. The Hall–Kier alpha value is -2.58. The zero-order chi connectivity index (χ0) is 19.1. The van der Waals surface area contributed by atoms with Crippen LogP contribution in [0, 0.1) is 20.8 Å². The molecule has 4 heterocycles. The Morgan fingerprint density at radius 1 is 1.07 bits per heavy atom. The molecule has 0 bridgehead atoms. The number of hydrogen-bond donors (Lipinski definition) is 1. The highest BCUT2D eigenvalue weighted by Gasteiger charge is 2.21. The lowest BCUT2D eigenvalue weighted by Crippen LogP contribution is -2.24. The minimum absolute atomic E-state index is 0.261. The molecule has 0 radical (unpaired) electrons. The molecule has 1 atom stereocenters. The Kier molecular flexibility index (Phi) is 4.53. The number of thiophene rings is 1. The van der Waals surface area contributed by atoms with Gasteiger partial charge >= 0.3 is 0 Å². The fourth-order valence-electron chi connectivity index (χ4n) is 3.11. The van der Waals surface area contributed by atoms with Crippen molar-refractivity contribution in [3.8, 4) is 22.7 Å². The molecule has 0 aliphatic rings. The first-order valence-corrected chi connectivity index (χ1v) is 9.62. The molecule has 27 heavy (non-hydrogen) atoms. The third-order valence-corrected chi connectivity index (χ3v) is 5.58. The van der Waals surface area contributed by atoms with Crippen molar-refractivity contribution in [2.24, 2.45) is 0 Å². The molecule has 0 fully saturated rings. The van der Waals surface area contributed by atoms with E-state index < -0.39 is 0 Å². The minimum atomic E-state index is 0.261. The standard InChI is InChI=1S/C19H21N5O2S/c1-9(20-5)6-16-22-18(25-24-16)14-8-15(13-7-10(2)27-12(13)4)21-19-17(14)11(3)23-26-19/h7-9,20H,6H2,1-5H3. The Bertz CT molecular complexity index is 1110. The second-order valence-corrected chi connectivity index (χ2v) is 8.20. The molecule has 0 aliphatic carbocycles. The lowest BCUT2D eigenvalue weighted by molar-refractivity contribution is 0.418. The molecule has 0 aromatic carbocycles. The number of aryl methyl sites for hydroxylation is 3. The van der Waals surface area contributed by atoms with E-state index in [2.05, 4.69) is 52.4 Å². The van der Waals surface area contributed by atoms with Gasteiger partial charge in [0.2, 0.25) is 0 Å². The van der Waals surface area contributed by atoms with E-state index in [1.54, 1.807) is 11.3 Å². The molecule has 0 saturated heterocycles. The van der Waals surface area contributed by atoms with Crippen molar-refractivity contribution in [3.05, 3.63) is 33.4 Å². The van der Waals surface area contributed by atoms with Crippen LogP contribution in [-0.2, 0) is 6.42 Å². The Balaban J connectivity index is 1.86. The Morgan fingerprint density at radius 3 is 2.59 bits per heavy atom. The molecule has 4 aromatic rings. The van der Waals surface area contributed by atoms with Crippen molar-refractivity contribution in [1.29, 1.82) is 0 Å². The number of hydrogen-bond acceptors (Lipinski definition) is 8. The summed E-state index contributed by atoms with van der Waals surface area (Å²) in [6.07, 6.45) is 0.687. The molecule has 0 aliphatic heterocycles. The van der Waals surface area contributed by atoms with Gasteiger partial charge in [-0.15, -0.1) is 11.3 Å². The van der Waals surface area contributed by atoms with Crippen molar-refractivity contribution in [1.82, 2.24) is 25.6 Å². The molecule has 4 aromatic heterocycles. The van der Waals surface area contributed by atoms with Gasteiger partial charge in [0, 0.05) is 27.8 Å². The van der Waals surface area contributed by atoms with E-state index >= 15 is 0 Å². The topological polar surface area (TPSA) is 89.9 Å². The molecule has 4 rings (SSSR count). The molecule has 7 nitrogen and oxygen atoms in total. The summed E-state index contributed by atoms with van der Waals surface area (Å²) in [5.41, 5.74) is 3.93. The first kappa shape index (κ1) is 17.8. The highest BCUT2D eigenvalue weighted by Crippen LogP contribution is 2.36. The van der Waals surface area contributed by atoms with Gasteiger partial charge < -0.3 is 14.4 Å². The Labute approximate surface area is 160 Å². The Morgan fingerprint density at radius 2 is 1.89 bits per heavy atom. The number of rotatable bonds is 5. The third-order valence-electron chi connectivity index (χ3n) is 4.61. The van der Waals surface area contributed by atoms with E-state index in [-0.39, 0.29) is 6.04 Å². The fourth-order valence-corrected chi connectivity index (χ4v) is 4.04. The first-order chi connectivity index (χ1) is 13.0. The summed E-state index contributed by atoms with van der Waals surface area (Å²) in [5, 5.41) is 12.2. The summed E-state index contributed by atoms with van der Waals surface area (Å²) in [7, 11) is 1.91. The van der Waals surface area contributed by atoms with Crippen LogP contribution in [0.4, 0.5) is 0 Å². The average Bonchev–Trinajstić information content (AvgIpc) is 3.34. The highest BCUT2D eigenvalue weighted by molar-refractivity contribution is 7.12. The van der Waals surface area contributed by atoms with Gasteiger partial charge in [-0.25, -0.2) is 4.98 Å². The number of pyridine rings is 1. The molecule has 1 unspecified atom stereocenters. The number of aromatic nitrogens is 4. The molecule has 0 spiro atoms. The lowest BCUT2D eigenvalue weighted by Gasteiger charge is -2.05. The van der Waals surface area contributed by atoms with Crippen LogP contribution in [0.25, 0.3) is 33.8 Å². The van der Waals surface area contributed by atoms with E-state index in [1.807, 2.05) is 20.0 Å². The second-order valence-electron chi connectivity index (χ2n) is 6.74. The number of nitrogens with one attached hydrogen (secondary N) is 1. The van der Waals surface area contributed by atoms with E-state index in [0.717, 1.165) is 27.9 Å². The van der Waals surface area contributed by atoms with Crippen LogP contribution in [0.15, 0.2) is 21.2 Å². The summed E-state index contributed by atoms with van der Waals surface area (Å²) in [4.78, 5) is 11.7. The van der Waals surface area contributed by atoms with Gasteiger partial charge in [-0.1, -0.05) is 10.3 Å². The predicted molar refractivity (Wildman–Crippen MR) is 105 cm³/mol. The minimum Gasteiger partial charge on any atom is -0.335 e. The molecule has 1 N–H and O–H groups in total. The normalized spacial score (nSPS) is 12.8. The quantitative estimate of drug-likeness (QED) is 0.555. The third kappa shape index (κ3) is 3.26. The van der Waals surface area contributed by atoms with E-state index in [1.165, 1.54) is 9.75 Å². The SMILES string of the molecule is CNC(C)Cc1noc(-c2cc(-c3cc(C)sc3C)nc3onc(C)c23)n1. The molecule has 0 amide bonds. The van der Waals surface area contributed by atoms with Crippen LogP contribution in [-0.4, -0.2) is 33.4 Å². The van der Waals surface area contributed by atoms with Crippen molar-refractivity contribution in [2.45, 2.75) is 40.2 Å². The zero-order valence-corrected chi connectivity index (χ0v) is 16.8. The summed E-state index contributed by atoms with van der Waals surface area (Å²) >= 11 is 1.75. The van der Waals surface area contributed by atoms with Crippen LogP contribution in [0.2, 0.25) is 0 Å². The van der Waals surface area contributed by atoms with Gasteiger partial charge in [-0.2, -0.15) is 4.98 Å². The van der Waals surface area contributed by atoms with Crippen LogP contribution < -0.4 is 5.32 Å². The largest absolute Gasteiger partial charge is 0.335 e.